The number of carbonyl (C=O) groups excluding carboxylic acids is 2. The summed E-state index contributed by atoms with van der Waals surface area (Å²) >= 11 is 0. The summed E-state index contributed by atoms with van der Waals surface area (Å²) in [6.45, 7) is 6.85. The van der Waals surface area contributed by atoms with E-state index in [1.807, 2.05) is 0 Å². The summed E-state index contributed by atoms with van der Waals surface area (Å²) in [4.78, 5) is 27.9. The molecule has 0 unspecified atom stereocenters. The Bertz CT molecular complexity index is 401. The van der Waals surface area contributed by atoms with E-state index in [0.29, 0.717) is 25.9 Å². The molecule has 2 fully saturated rings. The first kappa shape index (κ1) is 20.2. The van der Waals surface area contributed by atoms with Crippen molar-refractivity contribution in [3.05, 3.63) is 0 Å². The zero-order chi connectivity index (χ0) is 17.9. The number of amides is 1. The van der Waals surface area contributed by atoms with Gasteiger partial charge in [0.25, 0.3) is 0 Å². The van der Waals surface area contributed by atoms with Crippen molar-refractivity contribution in [1.82, 2.24) is 15.1 Å². The number of piperidine rings is 1. The molecule has 0 saturated carbocycles. The average Bonchev–Trinajstić information content (AvgIpc) is 2.89. The van der Waals surface area contributed by atoms with E-state index in [9.17, 15) is 9.59 Å². The number of hydrogen-bond donors (Lipinski definition) is 1. The minimum atomic E-state index is -0.222. The lowest BCUT2D eigenvalue weighted by Gasteiger charge is -2.34. The highest BCUT2D eigenvalue weighted by Crippen LogP contribution is 2.20. The van der Waals surface area contributed by atoms with Gasteiger partial charge in [-0.2, -0.15) is 0 Å². The molecule has 1 N–H and O–H groups in total. The van der Waals surface area contributed by atoms with Crippen molar-refractivity contribution in [2.24, 2.45) is 5.92 Å². The molecule has 0 aromatic carbocycles. The molecule has 2 aliphatic rings. The third-order valence-electron chi connectivity index (χ3n) is 5.40. The third-order valence-corrected chi connectivity index (χ3v) is 5.40. The van der Waals surface area contributed by atoms with E-state index in [1.165, 1.54) is 65.3 Å². The van der Waals surface area contributed by atoms with Crippen molar-refractivity contribution in [2.75, 3.05) is 52.9 Å². The number of likely N-dealkylation sites (tertiary alicyclic amines) is 2. The number of methoxy groups -OCH3 is 1. The van der Waals surface area contributed by atoms with Crippen LogP contribution in [0.4, 0.5) is 0 Å². The standard InChI is InChI=1S/C19H35N3O3/c1-25-19(24)7-6-10-20-18(23)16-22-13-8-17(9-14-22)15-21-11-4-2-3-5-12-21/h17H,2-16H2,1H3,(H,20,23). The molecule has 0 atom stereocenters. The predicted molar refractivity (Wildman–Crippen MR) is 98.3 cm³/mol. The molecule has 0 aliphatic carbocycles. The van der Waals surface area contributed by atoms with Gasteiger partial charge in [0.2, 0.25) is 5.91 Å². The summed E-state index contributed by atoms with van der Waals surface area (Å²) in [5.74, 6) is 0.633. The number of ether oxygens (including phenoxy) is 1. The topological polar surface area (TPSA) is 61.9 Å². The molecule has 2 heterocycles. The lowest BCUT2D eigenvalue weighted by molar-refractivity contribution is -0.140. The summed E-state index contributed by atoms with van der Waals surface area (Å²) in [7, 11) is 1.39. The predicted octanol–water partition coefficient (Wildman–Crippen LogP) is 1.64. The molecule has 6 nitrogen and oxygen atoms in total. The van der Waals surface area contributed by atoms with Crippen molar-refractivity contribution in [1.29, 1.82) is 0 Å². The van der Waals surface area contributed by atoms with Crippen molar-refractivity contribution in [3.63, 3.8) is 0 Å². The molecule has 2 aliphatic heterocycles. The Balaban J connectivity index is 1.55. The Morgan fingerprint density at radius 1 is 1.00 bits per heavy atom. The summed E-state index contributed by atoms with van der Waals surface area (Å²) in [5.41, 5.74) is 0. The van der Waals surface area contributed by atoms with Gasteiger partial charge in [0.05, 0.1) is 13.7 Å². The quantitative estimate of drug-likeness (QED) is 0.531. The van der Waals surface area contributed by atoms with Crippen LogP contribution in [-0.2, 0) is 14.3 Å². The normalized spacial score (nSPS) is 20.8. The summed E-state index contributed by atoms with van der Waals surface area (Å²) < 4.78 is 4.59. The van der Waals surface area contributed by atoms with Crippen LogP contribution in [0.5, 0.6) is 0 Å². The molecule has 0 bridgehead atoms. The van der Waals surface area contributed by atoms with E-state index in [-0.39, 0.29) is 11.9 Å². The number of rotatable bonds is 8. The van der Waals surface area contributed by atoms with Crippen LogP contribution in [0, 0.1) is 5.92 Å². The smallest absolute Gasteiger partial charge is 0.305 e. The molecule has 144 valence electrons. The van der Waals surface area contributed by atoms with Gasteiger partial charge in [-0.15, -0.1) is 0 Å². The zero-order valence-electron chi connectivity index (χ0n) is 15.8. The van der Waals surface area contributed by atoms with Crippen LogP contribution in [0.3, 0.4) is 0 Å². The molecule has 1 amide bonds. The fourth-order valence-corrected chi connectivity index (χ4v) is 3.83. The fourth-order valence-electron chi connectivity index (χ4n) is 3.83. The first-order valence-corrected chi connectivity index (χ1v) is 9.95. The van der Waals surface area contributed by atoms with Gasteiger partial charge in [-0.25, -0.2) is 0 Å². The maximum atomic E-state index is 12.0. The first-order valence-electron chi connectivity index (χ1n) is 9.95. The highest BCUT2D eigenvalue weighted by molar-refractivity contribution is 5.78. The molecule has 0 spiro atoms. The zero-order valence-corrected chi connectivity index (χ0v) is 15.8. The minimum Gasteiger partial charge on any atom is -0.469 e. The minimum absolute atomic E-state index is 0.0656. The van der Waals surface area contributed by atoms with Gasteiger partial charge in [-0.05, 0) is 64.2 Å². The molecule has 25 heavy (non-hydrogen) atoms. The van der Waals surface area contributed by atoms with Crippen molar-refractivity contribution >= 4 is 11.9 Å². The molecular formula is C19H35N3O3. The monoisotopic (exact) mass is 353 g/mol. The number of nitrogens with zero attached hydrogens (tertiary/aromatic N) is 2. The van der Waals surface area contributed by atoms with Gasteiger partial charge in [-0.3, -0.25) is 14.5 Å². The molecule has 2 saturated heterocycles. The Kier molecular flexibility index (Phi) is 9.26. The van der Waals surface area contributed by atoms with Crippen molar-refractivity contribution in [2.45, 2.75) is 51.4 Å². The van der Waals surface area contributed by atoms with E-state index < -0.39 is 0 Å². The van der Waals surface area contributed by atoms with Gasteiger partial charge < -0.3 is 15.0 Å². The second kappa shape index (κ2) is 11.5. The number of esters is 1. The number of hydrogen-bond acceptors (Lipinski definition) is 5. The summed E-state index contributed by atoms with van der Waals surface area (Å²) in [5, 5.41) is 2.90. The largest absolute Gasteiger partial charge is 0.469 e. The SMILES string of the molecule is COC(=O)CCCNC(=O)CN1CCC(CN2CCCCCC2)CC1. The van der Waals surface area contributed by atoms with Gasteiger partial charge in [0, 0.05) is 19.5 Å². The first-order chi connectivity index (χ1) is 12.2. The lowest BCUT2D eigenvalue weighted by atomic mass is 9.96. The maximum absolute atomic E-state index is 12.0. The van der Waals surface area contributed by atoms with Crippen LogP contribution in [0.1, 0.15) is 51.4 Å². The van der Waals surface area contributed by atoms with Crippen molar-refractivity contribution < 1.29 is 14.3 Å². The van der Waals surface area contributed by atoms with Crippen LogP contribution in [0.25, 0.3) is 0 Å². The molecule has 0 radical (unpaired) electrons. The maximum Gasteiger partial charge on any atom is 0.305 e. The van der Waals surface area contributed by atoms with Crippen molar-refractivity contribution in [3.8, 4) is 0 Å². The van der Waals surface area contributed by atoms with E-state index in [1.54, 1.807) is 0 Å². The van der Waals surface area contributed by atoms with Crippen LogP contribution in [0.2, 0.25) is 0 Å². The van der Waals surface area contributed by atoms with E-state index >= 15 is 0 Å². The van der Waals surface area contributed by atoms with E-state index in [2.05, 4.69) is 19.9 Å². The Morgan fingerprint density at radius 2 is 1.68 bits per heavy atom. The van der Waals surface area contributed by atoms with Gasteiger partial charge >= 0.3 is 5.97 Å². The molecule has 2 rings (SSSR count). The number of carbonyl (C=O) groups is 2. The van der Waals surface area contributed by atoms with Crippen LogP contribution < -0.4 is 5.32 Å². The van der Waals surface area contributed by atoms with Crippen LogP contribution >= 0.6 is 0 Å². The van der Waals surface area contributed by atoms with Crippen LogP contribution in [-0.4, -0.2) is 74.6 Å². The van der Waals surface area contributed by atoms with Crippen LogP contribution in [0.15, 0.2) is 0 Å². The highest BCUT2D eigenvalue weighted by atomic mass is 16.5. The van der Waals surface area contributed by atoms with Gasteiger partial charge in [0.1, 0.15) is 0 Å². The average molecular weight is 354 g/mol. The Hall–Kier alpha value is -1.14. The summed E-state index contributed by atoms with van der Waals surface area (Å²) in [6, 6.07) is 0. The van der Waals surface area contributed by atoms with E-state index in [4.69, 9.17) is 0 Å². The molecule has 6 heteroatoms. The Morgan fingerprint density at radius 3 is 2.32 bits per heavy atom. The molecule has 0 aromatic rings. The second-order valence-corrected chi connectivity index (χ2v) is 7.46. The molecule has 0 aromatic heterocycles. The third kappa shape index (κ3) is 8.19. The Labute approximate surface area is 152 Å². The van der Waals surface area contributed by atoms with Gasteiger partial charge in [-0.1, -0.05) is 12.8 Å². The highest BCUT2D eigenvalue weighted by Gasteiger charge is 2.23. The second-order valence-electron chi connectivity index (χ2n) is 7.46. The lowest BCUT2D eigenvalue weighted by Crippen LogP contribution is -2.43. The van der Waals surface area contributed by atoms with Gasteiger partial charge in [0.15, 0.2) is 0 Å². The summed E-state index contributed by atoms with van der Waals surface area (Å²) in [6.07, 6.45) is 8.89. The van der Waals surface area contributed by atoms with E-state index in [0.717, 1.165) is 19.0 Å². The fraction of sp³-hybridized carbons (Fsp3) is 0.895. The molecular weight excluding hydrogens is 318 g/mol. The number of nitrogens with one attached hydrogen (secondary N) is 1.